The van der Waals surface area contributed by atoms with Crippen LogP contribution in [0.25, 0.3) is 80.7 Å². The van der Waals surface area contributed by atoms with Crippen molar-refractivity contribution in [3.63, 3.8) is 0 Å². The molecule has 0 saturated heterocycles. The first-order valence-electron chi connectivity index (χ1n) is 27.1. The van der Waals surface area contributed by atoms with Gasteiger partial charge in [0.25, 0.3) is 0 Å². The Bertz CT molecular complexity index is 3860. The fraction of sp³-hybridized carbons (Fsp3) is 0.303. The lowest BCUT2D eigenvalue weighted by Crippen LogP contribution is -2.61. The van der Waals surface area contributed by atoms with E-state index in [1.165, 1.54) is 180 Å². The van der Waals surface area contributed by atoms with Crippen molar-refractivity contribution in [3.8, 4) is 27.9 Å². The van der Waals surface area contributed by atoms with Gasteiger partial charge in [0.1, 0.15) is 0 Å². The SMILES string of the molecule is c1ccc(-c2ccc(N3B4c5c(cc6ccccc6c5-c5ccc6c(sc7ccccc76)c53)-n3c5ccc(C67CC8CC(CC(C8)C6)C7)cc5c5cc(C67CC8CC(CC(C8)C6)C7)cc4c53)cc2)cc1. The van der Waals surface area contributed by atoms with E-state index in [1.54, 1.807) is 11.1 Å². The monoisotopic (exact) mass is 918 g/mol. The van der Waals surface area contributed by atoms with E-state index < -0.39 is 0 Å². The molecule has 338 valence electrons. The highest BCUT2D eigenvalue weighted by atomic mass is 32.1. The molecule has 8 fully saturated rings. The lowest BCUT2D eigenvalue weighted by atomic mass is 9.42. The standard InChI is InChI=1S/C66H55BN2S/c1-2-8-44(9-3-1)45-14-17-49(18-15-45)69-63-53(20-19-52-51-12-6-7-13-59(51)70-64(52)63)60-50-11-5-4-10-46(50)28-58-61(60)67(69)56-31-48(66-35-41-25-42(36-66)27-43(26-41)37-66)30-55-54-29-47(16-21-57(54)68(58)62(55)56)65-32-38-22-39(33-65)24-40(23-38)34-65/h1-21,28-31,38-43H,22-27,32-37H2. The van der Waals surface area contributed by atoms with Crippen LogP contribution in [-0.2, 0) is 10.8 Å². The molecule has 20 rings (SSSR count). The second kappa shape index (κ2) is 13.4. The minimum Gasteiger partial charge on any atom is -0.375 e. The molecular weight excluding hydrogens is 864 g/mol. The number of aromatic nitrogens is 1. The van der Waals surface area contributed by atoms with Crippen LogP contribution >= 0.6 is 11.3 Å². The lowest BCUT2D eigenvalue weighted by molar-refractivity contribution is -0.00526. The van der Waals surface area contributed by atoms with E-state index in [0.717, 1.165) is 35.5 Å². The van der Waals surface area contributed by atoms with Crippen LogP contribution in [0.15, 0.2) is 152 Å². The maximum absolute atomic E-state index is 2.85. The first-order valence-corrected chi connectivity index (χ1v) is 27.9. The Hall–Kier alpha value is -6.10. The highest BCUT2D eigenvalue weighted by molar-refractivity contribution is 7.26. The Balaban J connectivity index is 0.975. The molecule has 0 radical (unpaired) electrons. The van der Waals surface area contributed by atoms with E-state index in [-0.39, 0.29) is 12.3 Å². The summed E-state index contributed by atoms with van der Waals surface area (Å²) in [5.41, 5.74) is 19.0. The number of rotatable bonds is 4. The smallest absolute Gasteiger partial charge is 0.333 e. The van der Waals surface area contributed by atoms with Crippen molar-refractivity contribution in [2.45, 2.75) is 87.9 Å². The summed E-state index contributed by atoms with van der Waals surface area (Å²) < 4.78 is 5.54. The summed E-state index contributed by atoms with van der Waals surface area (Å²) in [6, 6.07) is 60.3. The summed E-state index contributed by atoms with van der Waals surface area (Å²) in [5, 5.41) is 8.43. The van der Waals surface area contributed by atoms with E-state index in [0.29, 0.717) is 5.41 Å². The topological polar surface area (TPSA) is 8.17 Å². The molecule has 0 atom stereocenters. The molecule has 0 amide bonds. The molecule has 4 heterocycles. The molecule has 0 N–H and O–H groups in total. The van der Waals surface area contributed by atoms with E-state index in [4.69, 9.17) is 0 Å². The molecule has 2 aliphatic heterocycles. The van der Waals surface area contributed by atoms with Crippen molar-refractivity contribution in [2.24, 2.45) is 35.5 Å². The zero-order valence-corrected chi connectivity index (χ0v) is 40.6. The van der Waals surface area contributed by atoms with Gasteiger partial charge in [-0.1, -0.05) is 109 Å². The van der Waals surface area contributed by atoms with Gasteiger partial charge in [-0.3, -0.25) is 0 Å². The second-order valence-corrected chi connectivity index (χ2v) is 25.5. The van der Waals surface area contributed by atoms with Crippen molar-refractivity contribution < 1.29 is 0 Å². The summed E-state index contributed by atoms with van der Waals surface area (Å²) in [6.07, 6.45) is 17.1. The normalized spacial score (nSPS) is 28.5. The lowest BCUT2D eigenvalue weighted by Gasteiger charge is -2.57. The Labute approximate surface area is 414 Å². The van der Waals surface area contributed by atoms with Gasteiger partial charge in [-0.2, -0.15) is 0 Å². The van der Waals surface area contributed by atoms with Gasteiger partial charge in [0.15, 0.2) is 0 Å². The van der Waals surface area contributed by atoms with Crippen LogP contribution in [0.3, 0.4) is 0 Å². The Morgan fingerprint density at radius 1 is 0.486 bits per heavy atom. The molecule has 8 aromatic carbocycles. The summed E-state index contributed by atoms with van der Waals surface area (Å²) in [5.74, 6) is 5.39. The second-order valence-electron chi connectivity index (χ2n) is 24.5. The number of fused-ring (bicyclic) bond motifs is 13. The third-order valence-corrected chi connectivity index (χ3v) is 21.8. The van der Waals surface area contributed by atoms with Gasteiger partial charge >= 0.3 is 6.85 Å². The first-order chi connectivity index (χ1) is 34.5. The highest BCUT2D eigenvalue weighted by Gasteiger charge is 2.54. The number of anilines is 2. The number of nitrogens with zero attached hydrogens (tertiary/aromatic N) is 2. The maximum atomic E-state index is 2.85. The molecule has 8 saturated carbocycles. The third-order valence-electron chi connectivity index (χ3n) is 20.6. The van der Waals surface area contributed by atoms with E-state index >= 15 is 0 Å². The number of benzene rings is 8. The Kier molecular flexibility index (Phi) is 7.42. The highest BCUT2D eigenvalue weighted by Crippen LogP contribution is 2.63. The molecule has 10 aromatic rings. The quantitative estimate of drug-likeness (QED) is 0.160. The average Bonchev–Trinajstić information content (AvgIpc) is 3.93. The van der Waals surface area contributed by atoms with Crippen LogP contribution in [0, 0.1) is 35.5 Å². The molecule has 8 bridgehead atoms. The fourth-order valence-electron chi connectivity index (χ4n) is 18.8. The van der Waals surface area contributed by atoms with Crippen molar-refractivity contribution >= 4 is 93.2 Å². The van der Waals surface area contributed by atoms with E-state index in [9.17, 15) is 0 Å². The minimum atomic E-state index is -0.0173. The van der Waals surface area contributed by atoms with Crippen LogP contribution in [0.5, 0.6) is 0 Å². The molecule has 4 heteroatoms. The van der Waals surface area contributed by atoms with Crippen LogP contribution in [0.1, 0.15) is 88.2 Å². The van der Waals surface area contributed by atoms with Crippen molar-refractivity contribution in [2.75, 3.05) is 4.81 Å². The molecule has 2 nitrogen and oxygen atoms in total. The van der Waals surface area contributed by atoms with Crippen molar-refractivity contribution in [3.05, 3.63) is 163 Å². The molecule has 0 unspecified atom stereocenters. The van der Waals surface area contributed by atoms with Gasteiger partial charge in [0, 0.05) is 43.2 Å². The molecule has 70 heavy (non-hydrogen) atoms. The summed E-state index contributed by atoms with van der Waals surface area (Å²) in [7, 11) is 0. The molecule has 0 spiro atoms. The minimum absolute atomic E-state index is 0.0173. The zero-order valence-electron chi connectivity index (χ0n) is 39.8. The van der Waals surface area contributed by atoms with Crippen LogP contribution in [-0.4, -0.2) is 11.4 Å². The average molecular weight is 919 g/mol. The first kappa shape index (κ1) is 38.6. The van der Waals surface area contributed by atoms with Crippen molar-refractivity contribution in [1.29, 1.82) is 0 Å². The largest absolute Gasteiger partial charge is 0.375 e. The number of hydrogen-bond acceptors (Lipinski definition) is 2. The van der Waals surface area contributed by atoms with Gasteiger partial charge in [0.05, 0.1) is 21.4 Å². The van der Waals surface area contributed by atoms with Crippen LogP contribution in [0.2, 0.25) is 0 Å². The fourth-order valence-corrected chi connectivity index (χ4v) is 20.0. The van der Waals surface area contributed by atoms with Crippen molar-refractivity contribution in [1.82, 2.24) is 4.57 Å². The molecule has 8 aliphatic carbocycles. The predicted molar refractivity (Wildman–Crippen MR) is 295 cm³/mol. The van der Waals surface area contributed by atoms with E-state index in [2.05, 4.69) is 161 Å². The van der Waals surface area contributed by atoms with Gasteiger partial charge < -0.3 is 9.38 Å². The van der Waals surface area contributed by atoms with Gasteiger partial charge in [-0.05, 0) is 215 Å². The van der Waals surface area contributed by atoms with Crippen LogP contribution < -0.4 is 15.7 Å². The predicted octanol–water partition coefficient (Wildman–Crippen LogP) is 16.1. The number of thiophene rings is 1. The number of hydrogen-bond donors (Lipinski definition) is 0. The molecular formula is C66H55BN2S. The van der Waals surface area contributed by atoms with Gasteiger partial charge in [-0.15, -0.1) is 11.3 Å². The Morgan fingerprint density at radius 3 is 1.81 bits per heavy atom. The summed E-state index contributed by atoms with van der Waals surface area (Å²) in [4.78, 5) is 2.85. The Morgan fingerprint density at radius 2 is 1.10 bits per heavy atom. The molecule has 2 aromatic heterocycles. The zero-order chi connectivity index (χ0) is 45.2. The van der Waals surface area contributed by atoms with Gasteiger partial charge in [0.2, 0.25) is 0 Å². The maximum Gasteiger partial charge on any atom is 0.333 e. The van der Waals surface area contributed by atoms with E-state index in [1.807, 2.05) is 11.3 Å². The third kappa shape index (κ3) is 5.02. The molecule has 10 aliphatic rings. The summed E-state index contributed by atoms with van der Waals surface area (Å²) >= 11 is 1.99. The van der Waals surface area contributed by atoms with Gasteiger partial charge in [-0.25, -0.2) is 0 Å². The summed E-state index contributed by atoms with van der Waals surface area (Å²) in [6.45, 7) is -0.0173. The van der Waals surface area contributed by atoms with Crippen LogP contribution in [0.4, 0.5) is 11.4 Å².